The average Bonchev–Trinajstić information content (AvgIpc) is 3.04. The minimum absolute atomic E-state index is 0.179. The molecule has 0 aliphatic heterocycles. The van der Waals surface area contributed by atoms with Crippen molar-refractivity contribution in [3.05, 3.63) is 30.1 Å². The molecule has 2 aromatic rings. The predicted molar refractivity (Wildman–Crippen MR) is 61.7 cm³/mol. The Morgan fingerprint density at radius 1 is 1.35 bits per heavy atom. The van der Waals surface area contributed by atoms with Crippen LogP contribution in [-0.4, -0.2) is 9.55 Å². The van der Waals surface area contributed by atoms with Crippen molar-refractivity contribution < 1.29 is 0 Å². The summed E-state index contributed by atoms with van der Waals surface area (Å²) in [4.78, 5) is 4.28. The second-order valence-corrected chi connectivity index (χ2v) is 4.58. The Morgan fingerprint density at radius 2 is 2.18 bits per heavy atom. The first kappa shape index (κ1) is 9.86. The Bertz CT molecular complexity index is 665. The van der Waals surface area contributed by atoms with Gasteiger partial charge in [0.05, 0.1) is 40.5 Å². The van der Waals surface area contributed by atoms with Crippen LogP contribution in [0.1, 0.15) is 18.4 Å². The van der Waals surface area contributed by atoms with Crippen molar-refractivity contribution in [3.63, 3.8) is 0 Å². The normalized spacial score (nSPS) is 16.4. The van der Waals surface area contributed by atoms with Gasteiger partial charge in [-0.15, -0.1) is 0 Å². The fraction of sp³-hybridized carbons (Fsp3) is 0.308. The number of hydrogen-bond acceptors (Lipinski definition) is 3. The lowest BCUT2D eigenvalue weighted by atomic mass is 10.1. The summed E-state index contributed by atoms with van der Waals surface area (Å²) in [5, 5.41) is 17.9. The Balaban J connectivity index is 2.02. The molecule has 1 heterocycles. The third kappa shape index (κ3) is 1.55. The van der Waals surface area contributed by atoms with Gasteiger partial charge in [-0.1, -0.05) is 0 Å². The molecule has 1 aromatic heterocycles. The Hall–Kier alpha value is -2.33. The summed E-state index contributed by atoms with van der Waals surface area (Å²) >= 11 is 0. The van der Waals surface area contributed by atoms with Gasteiger partial charge in [-0.25, -0.2) is 4.98 Å². The fourth-order valence-electron chi connectivity index (χ4n) is 2.04. The van der Waals surface area contributed by atoms with E-state index in [1.807, 2.05) is 10.6 Å². The standard InChI is InChI=1S/C13H10N4/c14-6-10-1-2-12-11(5-10)16-9-17(12)8-13(7-15)3-4-13/h1-2,5,9H,3-4,8H2. The maximum absolute atomic E-state index is 9.08. The van der Waals surface area contributed by atoms with Crippen LogP contribution < -0.4 is 0 Å². The van der Waals surface area contributed by atoms with Gasteiger partial charge in [0, 0.05) is 6.54 Å². The first-order valence-electron chi connectivity index (χ1n) is 5.53. The number of hydrogen-bond donors (Lipinski definition) is 0. The zero-order valence-corrected chi connectivity index (χ0v) is 9.22. The van der Waals surface area contributed by atoms with E-state index in [-0.39, 0.29) is 5.41 Å². The molecule has 3 rings (SSSR count). The molecule has 0 amide bonds. The number of benzene rings is 1. The van der Waals surface area contributed by atoms with Crippen molar-refractivity contribution in [3.8, 4) is 12.1 Å². The minimum Gasteiger partial charge on any atom is -0.329 e. The zero-order valence-electron chi connectivity index (χ0n) is 9.22. The van der Waals surface area contributed by atoms with Crippen LogP contribution in [0.15, 0.2) is 24.5 Å². The molecule has 0 saturated heterocycles. The van der Waals surface area contributed by atoms with E-state index in [2.05, 4.69) is 17.1 Å². The fourth-order valence-corrected chi connectivity index (χ4v) is 2.04. The molecule has 0 bridgehead atoms. The highest BCUT2D eigenvalue weighted by Gasteiger charge is 2.43. The van der Waals surface area contributed by atoms with Gasteiger partial charge >= 0.3 is 0 Å². The van der Waals surface area contributed by atoms with E-state index >= 15 is 0 Å². The van der Waals surface area contributed by atoms with Gasteiger partial charge < -0.3 is 4.57 Å². The number of nitriles is 2. The second-order valence-electron chi connectivity index (χ2n) is 4.58. The molecule has 0 N–H and O–H groups in total. The van der Waals surface area contributed by atoms with E-state index < -0.39 is 0 Å². The molecule has 0 unspecified atom stereocenters. The number of imidazole rings is 1. The van der Waals surface area contributed by atoms with Crippen LogP contribution in [0.25, 0.3) is 11.0 Å². The van der Waals surface area contributed by atoms with E-state index in [4.69, 9.17) is 10.5 Å². The molecule has 4 nitrogen and oxygen atoms in total. The van der Waals surface area contributed by atoms with E-state index in [0.717, 1.165) is 23.9 Å². The molecule has 0 radical (unpaired) electrons. The molecule has 1 aliphatic carbocycles. The summed E-state index contributed by atoms with van der Waals surface area (Å²) in [6.45, 7) is 0.700. The lowest BCUT2D eigenvalue weighted by Crippen LogP contribution is -2.08. The monoisotopic (exact) mass is 222 g/mol. The van der Waals surface area contributed by atoms with Crippen LogP contribution in [0.5, 0.6) is 0 Å². The maximum Gasteiger partial charge on any atom is 0.0992 e. The number of rotatable bonds is 2. The van der Waals surface area contributed by atoms with Crippen molar-refractivity contribution in [1.82, 2.24) is 9.55 Å². The maximum atomic E-state index is 9.08. The van der Waals surface area contributed by atoms with Crippen LogP contribution in [0.4, 0.5) is 0 Å². The topological polar surface area (TPSA) is 65.4 Å². The van der Waals surface area contributed by atoms with Gasteiger partial charge in [0.1, 0.15) is 0 Å². The minimum atomic E-state index is -0.179. The largest absolute Gasteiger partial charge is 0.329 e. The Kier molecular flexibility index (Phi) is 1.93. The molecule has 1 saturated carbocycles. The van der Waals surface area contributed by atoms with Gasteiger partial charge in [-0.3, -0.25) is 0 Å². The molecule has 1 aromatic carbocycles. The van der Waals surface area contributed by atoms with Gasteiger partial charge in [-0.2, -0.15) is 10.5 Å². The lowest BCUT2D eigenvalue weighted by molar-refractivity contribution is 0.538. The van der Waals surface area contributed by atoms with Crippen LogP contribution in [0.2, 0.25) is 0 Å². The summed E-state index contributed by atoms with van der Waals surface area (Å²) in [5.74, 6) is 0. The summed E-state index contributed by atoms with van der Waals surface area (Å²) in [6.07, 6.45) is 3.70. The number of nitrogens with zero attached hydrogens (tertiary/aromatic N) is 4. The molecule has 4 heteroatoms. The molecule has 1 aliphatic rings. The van der Waals surface area contributed by atoms with E-state index in [1.54, 1.807) is 18.5 Å². The van der Waals surface area contributed by atoms with E-state index in [1.165, 1.54) is 0 Å². The summed E-state index contributed by atoms with van der Waals surface area (Å²) in [5.41, 5.74) is 2.24. The highest BCUT2D eigenvalue weighted by atomic mass is 15.1. The first-order valence-corrected chi connectivity index (χ1v) is 5.53. The second kappa shape index (κ2) is 3.33. The van der Waals surface area contributed by atoms with E-state index in [9.17, 15) is 0 Å². The van der Waals surface area contributed by atoms with E-state index in [0.29, 0.717) is 12.1 Å². The molecule has 0 atom stereocenters. The molecule has 82 valence electrons. The molecular weight excluding hydrogens is 212 g/mol. The molecule has 1 fully saturated rings. The van der Waals surface area contributed by atoms with Crippen LogP contribution in [0, 0.1) is 28.1 Å². The number of aromatic nitrogens is 2. The third-order valence-corrected chi connectivity index (χ3v) is 3.31. The van der Waals surface area contributed by atoms with Crippen LogP contribution in [0.3, 0.4) is 0 Å². The molecular formula is C13H10N4. The first-order chi connectivity index (χ1) is 8.26. The quantitative estimate of drug-likeness (QED) is 0.782. The average molecular weight is 222 g/mol. The highest BCUT2D eigenvalue weighted by Crippen LogP contribution is 2.46. The predicted octanol–water partition coefficient (Wildman–Crippen LogP) is 2.21. The molecule has 17 heavy (non-hydrogen) atoms. The lowest BCUT2D eigenvalue weighted by Gasteiger charge is -2.07. The van der Waals surface area contributed by atoms with Crippen molar-refractivity contribution >= 4 is 11.0 Å². The van der Waals surface area contributed by atoms with Gasteiger partial charge in [0.15, 0.2) is 0 Å². The van der Waals surface area contributed by atoms with Crippen molar-refractivity contribution in [2.75, 3.05) is 0 Å². The van der Waals surface area contributed by atoms with Crippen molar-refractivity contribution in [1.29, 1.82) is 10.5 Å². The van der Waals surface area contributed by atoms with Crippen molar-refractivity contribution in [2.45, 2.75) is 19.4 Å². The van der Waals surface area contributed by atoms with Gasteiger partial charge in [-0.05, 0) is 31.0 Å². The summed E-state index contributed by atoms with van der Waals surface area (Å²) in [7, 11) is 0. The summed E-state index contributed by atoms with van der Waals surface area (Å²) < 4.78 is 2.01. The highest BCUT2D eigenvalue weighted by molar-refractivity contribution is 5.77. The Morgan fingerprint density at radius 3 is 2.82 bits per heavy atom. The third-order valence-electron chi connectivity index (χ3n) is 3.31. The van der Waals surface area contributed by atoms with Gasteiger partial charge in [0.25, 0.3) is 0 Å². The molecule has 0 spiro atoms. The van der Waals surface area contributed by atoms with Crippen LogP contribution >= 0.6 is 0 Å². The summed E-state index contributed by atoms with van der Waals surface area (Å²) in [6, 6.07) is 9.93. The van der Waals surface area contributed by atoms with Crippen molar-refractivity contribution in [2.24, 2.45) is 5.41 Å². The van der Waals surface area contributed by atoms with Crippen LogP contribution in [-0.2, 0) is 6.54 Å². The van der Waals surface area contributed by atoms with Gasteiger partial charge in [0.2, 0.25) is 0 Å². The zero-order chi connectivity index (χ0) is 11.9. The smallest absolute Gasteiger partial charge is 0.0992 e. The SMILES string of the molecule is N#Cc1ccc2c(c1)ncn2CC1(C#N)CC1. The Labute approximate surface area is 98.7 Å². The number of fused-ring (bicyclic) bond motifs is 1.